The number of carbonyl (C=O) groups is 1. The van der Waals surface area contributed by atoms with Crippen molar-refractivity contribution in [3.8, 4) is 0 Å². The maximum absolute atomic E-state index is 13.6. The fraction of sp³-hybridized carbons (Fsp3) is 0.133. The lowest BCUT2D eigenvalue weighted by Crippen LogP contribution is -2.03. The SMILES string of the molecule is CC(=O)c1ccc(F)c(NCc2ccc(F)cc2)c1. The Morgan fingerprint density at radius 3 is 2.42 bits per heavy atom. The second-order valence-electron chi connectivity index (χ2n) is 4.23. The number of benzene rings is 2. The number of carbonyl (C=O) groups excluding carboxylic acids is 1. The number of Topliss-reactive ketones (excluding diaryl/α,β-unsaturated/α-hetero) is 1. The van der Waals surface area contributed by atoms with Crippen LogP contribution in [0.3, 0.4) is 0 Å². The monoisotopic (exact) mass is 261 g/mol. The molecule has 2 aromatic carbocycles. The van der Waals surface area contributed by atoms with Crippen LogP contribution in [0.15, 0.2) is 42.5 Å². The van der Waals surface area contributed by atoms with Crippen molar-refractivity contribution in [2.75, 3.05) is 5.32 Å². The van der Waals surface area contributed by atoms with E-state index in [1.165, 1.54) is 37.3 Å². The second kappa shape index (κ2) is 5.61. The molecule has 0 unspecified atom stereocenters. The van der Waals surface area contributed by atoms with Gasteiger partial charge in [0, 0.05) is 12.1 Å². The van der Waals surface area contributed by atoms with E-state index in [1.54, 1.807) is 12.1 Å². The standard InChI is InChI=1S/C15H13F2NO/c1-10(19)12-4-7-14(17)15(8-12)18-9-11-2-5-13(16)6-3-11/h2-8,18H,9H2,1H3. The van der Waals surface area contributed by atoms with Gasteiger partial charge in [0.1, 0.15) is 11.6 Å². The van der Waals surface area contributed by atoms with E-state index in [1.807, 2.05) is 0 Å². The van der Waals surface area contributed by atoms with E-state index in [2.05, 4.69) is 5.32 Å². The summed E-state index contributed by atoms with van der Waals surface area (Å²) in [4.78, 5) is 11.2. The molecule has 4 heteroatoms. The van der Waals surface area contributed by atoms with Crippen LogP contribution in [0.2, 0.25) is 0 Å². The third-order valence-electron chi connectivity index (χ3n) is 2.77. The van der Waals surface area contributed by atoms with Gasteiger partial charge < -0.3 is 5.32 Å². The highest BCUT2D eigenvalue weighted by Gasteiger charge is 2.06. The second-order valence-corrected chi connectivity index (χ2v) is 4.23. The highest BCUT2D eigenvalue weighted by atomic mass is 19.1. The van der Waals surface area contributed by atoms with Gasteiger partial charge in [-0.05, 0) is 42.8 Å². The van der Waals surface area contributed by atoms with Crippen LogP contribution in [0.1, 0.15) is 22.8 Å². The van der Waals surface area contributed by atoms with Gasteiger partial charge in [0.25, 0.3) is 0 Å². The average molecular weight is 261 g/mol. The van der Waals surface area contributed by atoms with Crippen LogP contribution in [0, 0.1) is 11.6 Å². The predicted molar refractivity (Wildman–Crippen MR) is 70.1 cm³/mol. The molecule has 0 amide bonds. The number of hydrogen-bond acceptors (Lipinski definition) is 2. The number of anilines is 1. The zero-order valence-electron chi connectivity index (χ0n) is 10.4. The Bertz CT molecular complexity index is 594. The minimum Gasteiger partial charge on any atom is -0.379 e. The Balaban J connectivity index is 2.12. The number of nitrogens with one attached hydrogen (secondary N) is 1. The molecule has 0 atom stereocenters. The lowest BCUT2D eigenvalue weighted by atomic mass is 10.1. The first-order chi connectivity index (χ1) is 9.06. The Morgan fingerprint density at radius 1 is 1.11 bits per heavy atom. The van der Waals surface area contributed by atoms with Gasteiger partial charge in [-0.2, -0.15) is 0 Å². The highest BCUT2D eigenvalue weighted by molar-refractivity contribution is 5.94. The third kappa shape index (κ3) is 3.37. The summed E-state index contributed by atoms with van der Waals surface area (Å²) in [6, 6.07) is 10.1. The van der Waals surface area contributed by atoms with Crippen molar-refractivity contribution in [2.45, 2.75) is 13.5 Å². The van der Waals surface area contributed by atoms with Gasteiger partial charge in [0.05, 0.1) is 5.69 Å². The Hall–Kier alpha value is -2.23. The molecule has 1 N–H and O–H groups in total. The molecule has 2 nitrogen and oxygen atoms in total. The van der Waals surface area contributed by atoms with Crippen LogP contribution >= 0.6 is 0 Å². The first-order valence-electron chi connectivity index (χ1n) is 5.85. The Morgan fingerprint density at radius 2 is 1.79 bits per heavy atom. The molecule has 0 aliphatic heterocycles. The molecule has 0 aromatic heterocycles. The summed E-state index contributed by atoms with van der Waals surface area (Å²) in [7, 11) is 0. The predicted octanol–water partition coefficient (Wildman–Crippen LogP) is 3.78. The first kappa shape index (κ1) is 13.2. The van der Waals surface area contributed by atoms with E-state index in [-0.39, 0.29) is 17.3 Å². The lowest BCUT2D eigenvalue weighted by molar-refractivity contribution is 0.101. The van der Waals surface area contributed by atoms with E-state index in [0.717, 1.165) is 5.56 Å². The maximum atomic E-state index is 13.6. The number of ketones is 1. The summed E-state index contributed by atoms with van der Waals surface area (Å²) < 4.78 is 26.3. The van der Waals surface area contributed by atoms with Gasteiger partial charge in [0.2, 0.25) is 0 Å². The van der Waals surface area contributed by atoms with Gasteiger partial charge in [-0.3, -0.25) is 4.79 Å². The summed E-state index contributed by atoms with van der Waals surface area (Å²) in [5.74, 6) is -0.856. The molecular formula is C15H13F2NO. The fourth-order valence-electron chi connectivity index (χ4n) is 1.68. The van der Waals surface area contributed by atoms with Crippen LogP contribution < -0.4 is 5.32 Å². The van der Waals surface area contributed by atoms with Gasteiger partial charge in [-0.15, -0.1) is 0 Å². The smallest absolute Gasteiger partial charge is 0.159 e. The van der Waals surface area contributed by atoms with Crippen LogP contribution in [0.5, 0.6) is 0 Å². The highest BCUT2D eigenvalue weighted by Crippen LogP contribution is 2.17. The molecule has 0 radical (unpaired) electrons. The quantitative estimate of drug-likeness (QED) is 0.848. The molecule has 98 valence electrons. The number of rotatable bonds is 4. The summed E-state index contributed by atoms with van der Waals surface area (Å²) in [5.41, 5.74) is 1.54. The maximum Gasteiger partial charge on any atom is 0.159 e. The molecule has 0 saturated carbocycles. The van der Waals surface area contributed by atoms with Crippen molar-refractivity contribution in [3.63, 3.8) is 0 Å². The molecule has 0 spiro atoms. The molecule has 2 aromatic rings. The summed E-state index contributed by atoms with van der Waals surface area (Å²) in [5, 5.41) is 2.89. The fourth-order valence-corrected chi connectivity index (χ4v) is 1.68. The minimum absolute atomic E-state index is 0.121. The third-order valence-corrected chi connectivity index (χ3v) is 2.77. The van der Waals surface area contributed by atoms with Crippen LogP contribution in [-0.2, 0) is 6.54 Å². The van der Waals surface area contributed by atoms with Gasteiger partial charge in [0.15, 0.2) is 5.78 Å². The zero-order valence-corrected chi connectivity index (χ0v) is 10.4. The minimum atomic E-state index is -0.424. The topological polar surface area (TPSA) is 29.1 Å². The van der Waals surface area contributed by atoms with Crippen molar-refractivity contribution >= 4 is 11.5 Å². The summed E-state index contributed by atoms with van der Waals surface area (Å²) >= 11 is 0. The summed E-state index contributed by atoms with van der Waals surface area (Å²) in [6.07, 6.45) is 0. The van der Waals surface area contributed by atoms with E-state index in [0.29, 0.717) is 12.1 Å². The van der Waals surface area contributed by atoms with Crippen LogP contribution in [0.4, 0.5) is 14.5 Å². The van der Waals surface area contributed by atoms with Crippen LogP contribution in [0.25, 0.3) is 0 Å². The van der Waals surface area contributed by atoms with Crippen LogP contribution in [-0.4, -0.2) is 5.78 Å². The largest absolute Gasteiger partial charge is 0.379 e. The number of halogens is 2. The van der Waals surface area contributed by atoms with Crippen molar-refractivity contribution in [3.05, 3.63) is 65.2 Å². The van der Waals surface area contributed by atoms with Crippen molar-refractivity contribution in [2.24, 2.45) is 0 Å². The molecule has 0 aliphatic carbocycles. The molecule has 0 aliphatic rings. The lowest BCUT2D eigenvalue weighted by Gasteiger charge is -2.09. The Kier molecular flexibility index (Phi) is 3.90. The molecule has 0 fully saturated rings. The van der Waals surface area contributed by atoms with Crippen molar-refractivity contribution in [1.29, 1.82) is 0 Å². The van der Waals surface area contributed by atoms with Gasteiger partial charge in [-0.1, -0.05) is 12.1 Å². The van der Waals surface area contributed by atoms with E-state index < -0.39 is 5.82 Å². The van der Waals surface area contributed by atoms with E-state index >= 15 is 0 Å². The van der Waals surface area contributed by atoms with Gasteiger partial charge >= 0.3 is 0 Å². The van der Waals surface area contributed by atoms with Gasteiger partial charge in [-0.25, -0.2) is 8.78 Å². The average Bonchev–Trinajstić information content (AvgIpc) is 2.39. The molecule has 0 saturated heterocycles. The number of hydrogen-bond donors (Lipinski definition) is 1. The molecule has 0 bridgehead atoms. The van der Waals surface area contributed by atoms with E-state index in [4.69, 9.17) is 0 Å². The Labute approximate surface area is 110 Å². The molecular weight excluding hydrogens is 248 g/mol. The normalized spacial score (nSPS) is 10.3. The molecule has 2 rings (SSSR count). The zero-order chi connectivity index (χ0) is 13.8. The van der Waals surface area contributed by atoms with Crippen molar-refractivity contribution < 1.29 is 13.6 Å². The molecule has 19 heavy (non-hydrogen) atoms. The molecule has 0 heterocycles. The first-order valence-corrected chi connectivity index (χ1v) is 5.85. The summed E-state index contributed by atoms with van der Waals surface area (Å²) in [6.45, 7) is 1.79. The van der Waals surface area contributed by atoms with Crippen molar-refractivity contribution in [1.82, 2.24) is 0 Å². The van der Waals surface area contributed by atoms with E-state index in [9.17, 15) is 13.6 Å².